The van der Waals surface area contributed by atoms with E-state index < -0.39 is 0 Å². The van der Waals surface area contributed by atoms with Gasteiger partial charge in [0, 0.05) is 10.6 Å². The summed E-state index contributed by atoms with van der Waals surface area (Å²) in [6, 6.07) is 8.57. The largest absolute Gasteiger partial charge is 0.492 e. The fourth-order valence-electron chi connectivity index (χ4n) is 2.32. The van der Waals surface area contributed by atoms with Crippen molar-refractivity contribution in [2.45, 2.75) is 13.8 Å². The van der Waals surface area contributed by atoms with Crippen LogP contribution in [0.4, 0.5) is 5.13 Å². The van der Waals surface area contributed by atoms with E-state index in [0.717, 1.165) is 15.8 Å². The van der Waals surface area contributed by atoms with Crippen LogP contribution in [0.3, 0.4) is 0 Å². The number of carbonyl (C=O) groups excluding carboxylic acids is 1. The van der Waals surface area contributed by atoms with E-state index in [4.69, 9.17) is 40.2 Å². The van der Waals surface area contributed by atoms with Gasteiger partial charge in [-0.05, 0) is 62.0 Å². The van der Waals surface area contributed by atoms with Gasteiger partial charge in [0.05, 0.1) is 21.8 Å². The molecule has 3 aromatic rings. The molecule has 27 heavy (non-hydrogen) atoms. The Balaban J connectivity index is 1.68. The van der Waals surface area contributed by atoms with Crippen molar-refractivity contribution in [3.8, 4) is 5.75 Å². The zero-order valence-electron chi connectivity index (χ0n) is 14.4. The molecule has 0 saturated heterocycles. The molecule has 1 aromatic heterocycles. The summed E-state index contributed by atoms with van der Waals surface area (Å²) in [6.07, 6.45) is 0. The van der Waals surface area contributed by atoms with Gasteiger partial charge in [0.1, 0.15) is 5.75 Å². The first-order valence-corrected chi connectivity index (χ1v) is 9.96. The minimum atomic E-state index is -0.377. The lowest BCUT2D eigenvalue weighted by atomic mass is 10.2. The fourth-order valence-corrected chi connectivity index (χ4v) is 3.92. The fraction of sp³-hybridized carbons (Fsp3) is 0.167. The third kappa shape index (κ3) is 4.68. The first kappa shape index (κ1) is 19.8. The van der Waals surface area contributed by atoms with Crippen molar-refractivity contribution in [3.05, 3.63) is 51.5 Å². The molecule has 0 aliphatic carbocycles. The number of amides is 1. The van der Waals surface area contributed by atoms with Gasteiger partial charge in [-0.3, -0.25) is 10.1 Å². The van der Waals surface area contributed by atoms with E-state index in [-0.39, 0.29) is 11.0 Å². The Morgan fingerprint density at radius 1 is 1.26 bits per heavy atom. The van der Waals surface area contributed by atoms with Crippen LogP contribution in [0.15, 0.2) is 30.3 Å². The standard InChI is InChI=1S/C18H15Cl2N3O2S2/c1-3-25-14-5-4-10(7-12(14)20)16(24)22-17(26)23-18-21-13-8-11(19)9(2)6-15(13)27-18/h4-8H,3H2,1-2H3,(H2,21,22,23,24,26). The molecule has 0 aliphatic heterocycles. The van der Waals surface area contributed by atoms with Crippen molar-refractivity contribution >= 4 is 73.1 Å². The molecule has 1 amide bonds. The number of rotatable bonds is 4. The van der Waals surface area contributed by atoms with Crippen LogP contribution < -0.4 is 15.4 Å². The predicted octanol–water partition coefficient (Wildman–Crippen LogP) is 5.44. The highest BCUT2D eigenvalue weighted by Gasteiger charge is 2.13. The van der Waals surface area contributed by atoms with Crippen LogP contribution in [0, 0.1) is 6.92 Å². The van der Waals surface area contributed by atoms with Gasteiger partial charge in [-0.1, -0.05) is 34.5 Å². The van der Waals surface area contributed by atoms with Gasteiger partial charge in [-0.2, -0.15) is 0 Å². The van der Waals surface area contributed by atoms with Gasteiger partial charge in [0.2, 0.25) is 0 Å². The van der Waals surface area contributed by atoms with Gasteiger partial charge in [0.15, 0.2) is 10.2 Å². The zero-order chi connectivity index (χ0) is 19.6. The number of thiocarbonyl (C=S) groups is 1. The van der Waals surface area contributed by atoms with Crippen LogP contribution in [0.2, 0.25) is 10.0 Å². The van der Waals surface area contributed by atoms with Crippen LogP contribution in [0.5, 0.6) is 5.75 Å². The number of benzene rings is 2. The Bertz CT molecular complexity index is 998. The number of hydrogen-bond donors (Lipinski definition) is 2. The quantitative estimate of drug-likeness (QED) is 0.530. The molecule has 140 valence electrons. The smallest absolute Gasteiger partial charge is 0.257 e. The molecule has 1 heterocycles. The summed E-state index contributed by atoms with van der Waals surface area (Å²) in [6.45, 7) is 4.28. The van der Waals surface area contributed by atoms with E-state index in [1.54, 1.807) is 18.2 Å². The summed E-state index contributed by atoms with van der Waals surface area (Å²) >= 11 is 18.9. The van der Waals surface area contributed by atoms with Gasteiger partial charge in [-0.15, -0.1) is 0 Å². The van der Waals surface area contributed by atoms with E-state index in [1.165, 1.54) is 17.4 Å². The summed E-state index contributed by atoms with van der Waals surface area (Å²) in [7, 11) is 0. The SMILES string of the molecule is CCOc1ccc(C(=O)NC(=S)Nc2nc3cc(Cl)c(C)cc3s2)cc1Cl. The number of fused-ring (bicyclic) bond motifs is 1. The van der Waals surface area contributed by atoms with E-state index >= 15 is 0 Å². The maximum Gasteiger partial charge on any atom is 0.257 e. The average Bonchev–Trinajstić information content (AvgIpc) is 2.97. The van der Waals surface area contributed by atoms with E-state index in [0.29, 0.717) is 33.1 Å². The second kappa shape index (κ2) is 8.39. The molecule has 0 fully saturated rings. The highest BCUT2D eigenvalue weighted by molar-refractivity contribution is 7.80. The normalized spacial score (nSPS) is 10.7. The first-order valence-electron chi connectivity index (χ1n) is 7.98. The number of halogens is 2. The predicted molar refractivity (Wildman–Crippen MR) is 116 cm³/mol. The maximum atomic E-state index is 12.4. The van der Waals surface area contributed by atoms with Gasteiger partial charge in [-0.25, -0.2) is 4.98 Å². The van der Waals surface area contributed by atoms with Gasteiger partial charge >= 0.3 is 0 Å². The van der Waals surface area contributed by atoms with Gasteiger partial charge < -0.3 is 10.1 Å². The molecular weight excluding hydrogens is 425 g/mol. The molecule has 0 unspecified atom stereocenters. The summed E-state index contributed by atoms with van der Waals surface area (Å²) < 4.78 is 6.34. The minimum Gasteiger partial charge on any atom is -0.492 e. The molecule has 2 N–H and O–H groups in total. The zero-order valence-corrected chi connectivity index (χ0v) is 17.6. The molecule has 0 aliphatic rings. The Morgan fingerprint density at radius 3 is 2.74 bits per heavy atom. The Morgan fingerprint density at radius 2 is 2.04 bits per heavy atom. The van der Waals surface area contributed by atoms with E-state index in [9.17, 15) is 4.79 Å². The Hall–Kier alpha value is -1.93. The number of ether oxygens (including phenoxy) is 1. The lowest BCUT2D eigenvalue weighted by Gasteiger charge is -2.09. The van der Waals surface area contributed by atoms with Crippen molar-refractivity contribution in [2.24, 2.45) is 0 Å². The number of nitrogens with zero attached hydrogens (tertiary/aromatic N) is 1. The number of nitrogens with one attached hydrogen (secondary N) is 2. The lowest BCUT2D eigenvalue weighted by Crippen LogP contribution is -2.34. The molecule has 5 nitrogen and oxygen atoms in total. The van der Waals surface area contributed by atoms with Crippen molar-refractivity contribution < 1.29 is 9.53 Å². The van der Waals surface area contributed by atoms with Crippen molar-refractivity contribution in [1.29, 1.82) is 0 Å². The molecule has 0 spiro atoms. The molecule has 0 atom stereocenters. The van der Waals surface area contributed by atoms with Crippen molar-refractivity contribution in [1.82, 2.24) is 10.3 Å². The highest BCUT2D eigenvalue weighted by atomic mass is 35.5. The molecule has 9 heteroatoms. The lowest BCUT2D eigenvalue weighted by molar-refractivity contribution is 0.0977. The van der Waals surface area contributed by atoms with Crippen molar-refractivity contribution in [3.63, 3.8) is 0 Å². The topological polar surface area (TPSA) is 63.2 Å². The molecule has 0 bridgehead atoms. The van der Waals surface area contributed by atoms with Gasteiger partial charge in [0.25, 0.3) is 5.91 Å². The Kier molecular flexibility index (Phi) is 6.16. The Labute approximate surface area is 175 Å². The second-order valence-electron chi connectivity index (χ2n) is 5.57. The van der Waals surface area contributed by atoms with Crippen LogP contribution in [-0.2, 0) is 0 Å². The highest BCUT2D eigenvalue weighted by Crippen LogP contribution is 2.30. The number of hydrogen-bond acceptors (Lipinski definition) is 5. The van der Waals surface area contributed by atoms with Crippen LogP contribution in [0.1, 0.15) is 22.8 Å². The molecule has 3 rings (SSSR count). The first-order chi connectivity index (χ1) is 12.9. The van der Waals surface area contributed by atoms with E-state index in [1.807, 2.05) is 19.9 Å². The number of aromatic nitrogens is 1. The van der Waals surface area contributed by atoms with E-state index in [2.05, 4.69) is 15.6 Å². The van der Waals surface area contributed by atoms with Crippen LogP contribution >= 0.6 is 46.8 Å². The van der Waals surface area contributed by atoms with Crippen LogP contribution in [0.25, 0.3) is 10.2 Å². The molecule has 0 radical (unpaired) electrons. The maximum absolute atomic E-state index is 12.4. The number of anilines is 1. The molecular formula is C18H15Cl2N3O2S2. The third-order valence-electron chi connectivity index (χ3n) is 3.61. The van der Waals surface area contributed by atoms with Crippen LogP contribution in [-0.4, -0.2) is 22.6 Å². The minimum absolute atomic E-state index is 0.145. The number of carbonyl (C=O) groups is 1. The monoisotopic (exact) mass is 439 g/mol. The third-order valence-corrected chi connectivity index (χ3v) is 5.45. The number of aryl methyl sites for hydroxylation is 1. The second-order valence-corrected chi connectivity index (χ2v) is 7.83. The number of thiazole rings is 1. The average molecular weight is 440 g/mol. The summed E-state index contributed by atoms with van der Waals surface area (Å²) in [4.78, 5) is 16.8. The molecule has 2 aromatic carbocycles. The van der Waals surface area contributed by atoms with Crippen molar-refractivity contribution in [2.75, 3.05) is 11.9 Å². The summed E-state index contributed by atoms with van der Waals surface area (Å²) in [5.74, 6) is 0.150. The summed E-state index contributed by atoms with van der Waals surface area (Å²) in [5.41, 5.74) is 2.12. The summed E-state index contributed by atoms with van der Waals surface area (Å²) in [5, 5.41) is 7.27. The molecule has 0 saturated carbocycles.